The molecule has 2 aliphatic heterocycles. The van der Waals surface area contributed by atoms with E-state index in [1.54, 1.807) is 0 Å². The van der Waals surface area contributed by atoms with E-state index in [0.717, 1.165) is 51.7 Å². The van der Waals surface area contributed by atoms with Crippen molar-refractivity contribution in [3.05, 3.63) is 0 Å². The molecular weight excluding hydrogens is 234 g/mol. The molecule has 4 heteroatoms. The molecule has 3 nitrogen and oxygen atoms in total. The predicted molar refractivity (Wildman–Crippen MR) is 72.8 cm³/mol. The van der Waals surface area contributed by atoms with Crippen LogP contribution in [0.1, 0.15) is 32.1 Å². The minimum atomic E-state index is 0.453. The summed E-state index contributed by atoms with van der Waals surface area (Å²) in [7, 11) is 0. The van der Waals surface area contributed by atoms with Crippen molar-refractivity contribution in [1.29, 1.82) is 0 Å². The van der Waals surface area contributed by atoms with E-state index in [1.807, 2.05) is 0 Å². The Morgan fingerprint density at radius 2 is 2.12 bits per heavy atom. The monoisotopic (exact) mass is 259 g/mol. The Bertz CT molecular complexity index is 172. The summed E-state index contributed by atoms with van der Waals surface area (Å²) in [5.74, 6) is 2.64. The number of ether oxygens (including phenoxy) is 2. The van der Waals surface area contributed by atoms with Crippen LogP contribution in [0, 0.1) is 0 Å². The van der Waals surface area contributed by atoms with Gasteiger partial charge in [-0.15, -0.1) is 0 Å². The third-order valence-electron chi connectivity index (χ3n) is 3.44. The van der Waals surface area contributed by atoms with Crippen LogP contribution in [0.3, 0.4) is 0 Å². The highest BCUT2D eigenvalue weighted by Gasteiger charge is 2.14. The SMILES string of the molecule is C(CN[C@@H]1CCCSC1)COC1CCOCC1. The Morgan fingerprint density at radius 3 is 2.88 bits per heavy atom. The van der Waals surface area contributed by atoms with Gasteiger partial charge in [0.2, 0.25) is 0 Å². The first-order chi connectivity index (χ1) is 8.45. The lowest BCUT2D eigenvalue weighted by atomic mass is 10.1. The molecule has 100 valence electrons. The summed E-state index contributed by atoms with van der Waals surface area (Å²) >= 11 is 2.08. The van der Waals surface area contributed by atoms with Gasteiger partial charge in [-0.25, -0.2) is 0 Å². The topological polar surface area (TPSA) is 30.5 Å². The van der Waals surface area contributed by atoms with Crippen molar-refractivity contribution >= 4 is 11.8 Å². The minimum Gasteiger partial charge on any atom is -0.381 e. The van der Waals surface area contributed by atoms with Gasteiger partial charge in [0.15, 0.2) is 0 Å². The fraction of sp³-hybridized carbons (Fsp3) is 1.00. The van der Waals surface area contributed by atoms with Gasteiger partial charge in [0.05, 0.1) is 6.10 Å². The molecule has 0 aromatic rings. The van der Waals surface area contributed by atoms with Crippen molar-refractivity contribution < 1.29 is 9.47 Å². The summed E-state index contributed by atoms with van der Waals surface area (Å²) in [5.41, 5.74) is 0. The van der Waals surface area contributed by atoms with Gasteiger partial charge >= 0.3 is 0 Å². The molecule has 2 heterocycles. The Labute approximate surface area is 109 Å². The van der Waals surface area contributed by atoms with Gasteiger partial charge in [0, 0.05) is 31.6 Å². The molecule has 0 radical (unpaired) electrons. The van der Waals surface area contributed by atoms with Crippen LogP contribution < -0.4 is 5.32 Å². The first kappa shape index (κ1) is 13.7. The fourth-order valence-electron chi connectivity index (χ4n) is 2.37. The van der Waals surface area contributed by atoms with Crippen LogP contribution in [0.2, 0.25) is 0 Å². The third kappa shape index (κ3) is 5.60. The Balaban J connectivity index is 1.42. The smallest absolute Gasteiger partial charge is 0.0619 e. The van der Waals surface area contributed by atoms with Crippen LogP contribution in [0.25, 0.3) is 0 Å². The number of rotatable bonds is 6. The highest BCUT2D eigenvalue weighted by atomic mass is 32.2. The van der Waals surface area contributed by atoms with Crippen molar-refractivity contribution in [3.63, 3.8) is 0 Å². The van der Waals surface area contributed by atoms with E-state index in [9.17, 15) is 0 Å². The summed E-state index contributed by atoms with van der Waals surface area (Å²) in [5, 5.41) is 3.63. The molecule has 1 atom stereocenters. The molecule has 2 fully saturated rings. The van der Waals surface area contributed by atoms with Crippen LogP contribution in [0.5, 0.6) is 0 Å². The van der Waals surface area contributed by atoms with Crippen LogP contribution >= 0.6 is 11.8 Å². The molecule has 0 spiro atoms. The van der Waals surface area contributed by atoms with Gasteiger partial charge in [-0.1, -0.05) is 0 Å². The molecule has 0 aromatic heterocycles. The maximum Gasteiger partial charge on any atom is 0.0619 e. The Kier molecular flexibility index (Phi) is 6.71. The van der Waals surface area contributed by atoms with E-state index in [1.165, 1.54) is 24.3 Å². The van der Waals surface area contributed by atoms with Crippen molar-refractivity contribution in [3.8, 4) is 0 Å². The Hall–Kier alpha value is 0.230. The molecule has 0 unspecified atom stereocenters. The molecule has 2 aliphatic rings. The molecule has 0 amide bonds. The summed E-state index contributed by atoms with van der Waals surface area (Å²) in [6, 6.07) is 0.747. The molecule has 1 N–H and O–H groups in total. The fourth-order valence-corrected chi connectivity index (χ4v) is 3.48. The number of thioether (sulfide) groups is 1. The summed E-state index contributed by atoms with van der Waals surface area (Å²) < 4.78 is 11.2. The van der Waals surface area contributed by atoms with Crippen molar-refractivity contribution in [2.45, 2.75) is 44.2 Å². The summed E-state index contributed by atoms with van der Waals surface area (Å²) in [4.78, 5) is 0. The number of nitrogens with one attached hydrogen (secondary N) is 1. The maximum absolute atomic E-state index is 5.85. The Morgan fingerprint density at radius 1 is 1.24 bits per heavy atom. The van der Waals surface area contributed by atoms with Gasteiger partial charge < -0.3 is 14.8 Å². The highest BCUT2D eigenvalue weighted by Crippen LogP contribution is 2.16. The normalized spacial score (nSPS) is 27.2. The zero-order valence-electron chi connectivity index (χ0n) is 10.7. The standard InChI is InChI=1S/C13H25NO2S/c1-3-12(11-17-10-1)14-6-2-7-16-13-4-8-15-9-5-13/h12-14H,1-11H2/t12-/m1/s1. The second-order valence-electron chi connectivity index (χ2n) is 4.90. The van der Waals surface area contributed by atoms with E-state index >= 15 is 0 Å². The molecule has 0 bridgehead atoms. The summed E-state index contributed by atoms with van der Waals surface area (Å²) in [6.07, 6.45) is 6.47. The lowest BCUT2D eigenvalue weighted by Gasteiger charge is -2.24. The van der Waals surface area contributed by atoms with Crippen molar-refractivity contribution in [2.75, 3.05) is 37.9 Å². The van der Waals surface area contributed by atoms with E-state index in [4.69, 9.17) is 9.47 Å². The second kappa shape index (κ2) is 8.35. The second-order valence-corrected chi connectivity index (χ2v) is 6.05. The minimum absolute atomic E-state index is 0.453. The van der Waals surface area contributed by atoms with E-state index < -0.39 is 0 Å². The lowest BCUT2D eigenvalue weighted by molar-refractivity contribution is -0.0322. The predicted octanol–water partition coefficient (Wildman–Crippen LogP) is 2.06. The zero-order chi connectivity index (χ0) is 11.8. The van der Waals surface area contributed by atoms with E-state index in [-0.39, 0.29) is 0 Å². The first-order valence-corrected chi connectivity index (χ1v) is 8.11. The lowest BCUT2D eigenvalue weighted by Crippen LogP contribution is -2.35. The largest absolute Gasteiger partial charge is 0.381 e. The average Bonchev–Trinajstić information content (AvgIpc) is 2.41. The maximum atomic E-state index is 5.85. The van der Waals surface area contributed by atoms with Gasteiger partial charge in [-0.05, 0) is 44.4 Å². The first-order valence-electron chi connectivity index (χ1n) is 6.95. The molecule has 2 rings (SSSR count). The number of hydrogen-bond donors (Lipinski definition) is 1. The highest BCUT2D eigenvalue weighted by molar-refractivity contribution is 7.99. The third-order valence-corrected chi connectivity index (χ3v) is 4.65. The number of hydrogen-bond acceptors (Lipinski definition) is 4. The van der Waals surface area contributed by atoms with Crippen LogP contribution in [0.15, 0.2) is 0 Å². The van der Waals surface area contributed by atoms with E-state index in [0.29, 0.717) is 6.10 Å². The summed E-state index contributed by atoms with van der Waals surface area (Å²) in [6.45, 7) is 3.76. The molecule has 0 aliphatic carbocycles. The van der Waals surface area contributed by atoms with E-state index in [2.05, 4.69) is 17.1 Å². The molecule has 0 aromatic carbocycles. The van der Waals surface area contributed by atoms with Gasteiger partial charge in [-0.3, -0.25) is 0 Å². The average molecular weight is 259 g/mol. The molecular formula is C13H25NO2S. The molecule has 2 saturated heterocycles. The molecule has 17 heavy (non-hydrogen) atoms. The van der Waals surface area contributed by atoms with Gasteiger partial charge in [0.25, 0.3) is 0 Å². The van der Waals surface area contributed by atoms with Crippen LogP contribution in [0.4, 0.5) is 0 Å². The van der Waals surface area contributed by atoms with Gasteiger partial charge in [0.1, 0.15) is 0 Å². The van der Waals surface area contributed by atoms with Crippen molar-refractivity contribution in [1.82, 2.24) is 5.32 Å². The van der Waals surface area contributed by atoms with Crippen LogP contribution in [-0.4, -0.2) is 50.0 Å². The van der Waals surface area contributed by atoms with Crippen molar-refractivity contribution in [2.24, 2.45) is 0 Å². The van der Waals surface area contributed by atoms with Crippen LogP contribution in [-0.2, 0) is 9.47 Å². The zero-order valence-corrected chi connectivity index (χ0v) is 11.5. The molecule has 0 saturated carbocycles. The van der Waals surface area contributed by atoms with Gasteiger partial charge in [-0.2, -0.15) is 11.8 Å². The quantitative estimate of drug-likeness (QED) is 0.740.